The van der Waals surface area contributed by atoms with Gasteiger partial charge in [-0.2, -0.15) is 5.10 Å². The second-order valence-corrected chi connectivity index (χ2v) is 5.81. The molecule has 0 amide bonds. The molecule has 0 saturated heterocycles. The van der Waals surface area contributed by atoms with Crippen molar-refractivity contribution in [2.45, 2.75) is 38.6 Å². The topological polar surface area (TPSA) is 76.8 Å². The number of rotatable bonds is 3. The average molecular weight is 299 g/mol. The SMILES string of the molecule is [C-]#[N+]c1cnn2cc([N+](=O)[O-])cc2c1N[C@@H]1CCCC[C@@H]1C. The van der Waals surface area contributed by atoms with E-state index in [1.165, 1.54) is 29.4 Å². The van der Waals surface area contributed by atoms with Crippen LogP contribution in [0.2, 0.25) is 0 Å². The van der Waals surface area contributed by atoms with Crippen LogP contribution in [0.5, 0.6) is 0 Å². The van der Waals surface area contributed by atoms with E-state index in [0.29, 0.717) is 22.8 Å². The summed E-state index contributed by atoms with van der Waals surface area (Å²) in [6.45, 7) is 9.52. The van der Waals surface area contributed by atoms with Crippen molar-refractivity contribution in [1.82, 2.24) is 9.61 Å². The quantitative estimate of drug-likeness (QED) is 0.531. The fourth-order valence-electron chi connectivity index (χ4n) is 3.08. The Hall–Kier alpha value is -2.62. The first-order valence-electron chi connectivity index (χ1n) is 7.40. The van der Waals surface area contributed by atoms with Crippen molar-refractivity contribution in [3.05, 3.63) is 40.0 Å². The first-order valence-corrected chi connectivity index (χ1v) is 7.40. The Balaban J connectivity index is 2.05. The predicted molar refractivity (Wildman–Crippen MR) is 83.2 cm³/mol. The number of fused-ring (bicyclic) bond motifs is 1. The van der Waals surface area contributed by atoms with Gasteiger partial charge in [-0.1, -0.05) is 19.8 Å². The summed E-state index contributed by atoms with van der Waals surface area (Å²) >= 11 is 0. The van der Waals surface area contributed by atoms with Crippen LogP contribution in [0.3, 0.4) is 0 Å². The number of nitro groups is 1. The van der Waals surface area contributed by atoms with Gasteiger partial charge in [-0.05, 0) is 18.8 Å². The summed E-state index contributed by atoms with van der Waals surface area (Å²) in [5, 5.41) is 18.5. The molecule has 1 aliphatic rings. The second-order valence-electron chi connectivity index (χ2n) is 5.81. The molecule has 7 nitrogen and oxygen atoms in total. The maximum Gasteiger partial charge on any atom is 0.289 e. The highest BCUT2D eigenvalue weighted by atomic mass is 16.6. The van der Waals surface area contributed by atoms with Gasteiger partial charge in [0, 0.05) is 12.1 Å². The van der Waals surface area contributed by atoms with Gasteiger partial charge in [0.2, 0.25) is 5.69 Å². The lowest BCUT2D eigenvalue weighted by atomic mass is 9.86. The fraction of sp³-hybridized carbons (Fsp3) is 0.467. The van der Waals surface area contributed by atoms with Gasteiger partial charge >= 0.3 is 0 Å². The molecule has 0 spiro atoms. The summed E-state index contributed by atoms with van der Waals surface area (Å²) in [7, 11) is 0. The predicted octanol–water partition coefficient (Wildman–Crippen LogP) is 3.78. The second kappa shape index (κ2) is 5.64. The van der Waals surface area contributed by atoms with E-state index in [2.05, 4.69) is 22.2 Å². The fourth-order valence-corrected chi connectivity index (χ4v) is 3.08. The van der Waals surface area contributed by atoms with Crippen molar-refractivity contribution < 1.29 is 4.92 Å². The van der Waals surface area contributed by atoms with Crippen LogP contribution in [-0.2, 0) is 0 Å². The number of hydrogen-bond donors (Lipinski definition) is 1. The van der Waals surface area contributed by atoms with Crippen molar-refractivity contribution >= 4 is 22.6 Å². The van der Waals surface area contributed by atoms with Crippen LogP contribution in [-0.4, -0.2) is 20.6 Å². The van der Waals surface area contributed by atoms with Crippen LogP contribution in [0.25, 0.3) is 10.4 Å². The van der Waals surface area contributed by atoms with Crippen LogP contribution in [0.4, 0.5) is 17.1 Å². The number of nitrogens with zero attached hydrogens (tertiary/aromatic N) is 4. The molecule has 2 aromatic rings. The number of nitrogens with one attached hydrogen (secondary N) is 1. The van der Waals surface area contributed by atoms with E-state index in [-0.39, 0.29) is 11.7 Å². The molecule has 0 aliphatic heterocycles. The van der Waals surface area contributed by atoms with E-state index < -0.39 is 4.92 Å². The minimum absolute atomic E-state index is 0.0191. The summed E-state index contributed by atoms with van der Waals surface area (Å²) in [6.07, 6.45) is 7.44. The first-order chi connectivity index (χ1) is 10.6. The maximum atomic E-state index is 11.0. The molecule has 0 unspecified atom stereocenters. The lowest BCUT2D eigenvalue weighted by Gasteiger charge is -2.31. The average Bonchev–Trinajstić information content (AvgIpc) is 2.94. The normalized spacial score (nSPS) is 21.5. The van der Waals surface area contributed by atoms with Crippen LogP contribution in [0.1, 0.15) is 32.6 Å². The molecule has 0 radical (unpaired) electrons. The molecular weight excluding hydrogens is 282 g/mol. The van der Waals surface area contributed by atoms with E-state index in [4.69, 9.17) is 6.57 Å². The molecule has 22 heavy (non-hydrogen) atoms. The number of aromatic nitrogens is 2. The lowest BCUT2D eigenvalue weighted by molar-refractivity contribution is -0.384. The van der Waals surface area contributed by atoms with E-state index in [0.717, 1.165) is 19.3 Å². The molecule has 2 aromatic heterocycles. The number of hydrogen-bond acceptors (Lipinski definition) is 4. The summed E-state index contributed by atoms with van der Waals surface area (Å²) in [5.74, 6) is 0.519. The monoisotopic (exact) mass is 299 g/mol. The Morgan fingerprint density at radius 2 is 2.27 bits per heavy atom. The summed E-state index contributed by atoms with van der Waals surface area (Å²) in [4.78, 5) is 14.0. The zero-order valence-electron chi connectivity index (χ0n) is 12.3. The van der Waals surface area contributed by atoms with Crippen LogP contribution in [0, 0.1) is 22.6 Å². The summed E-state index contributed by atoms with van der Waals surface area (Å²) in [5.41, 5.74) is 1.61. The van der Waals surface area contributed by atoms with Crippen molar-refractivity contribution in [3.8, 4) is 0 Å². The largest absolute Gasteiger partial charge is 0.389 e. The molecule has 7 heteroatoms. The van der Waals surface area contributed by atoms with Gasteiger partial charge in [-0.3, -0.25) is 10.1 Å². The highest BCUT2D eigenvalue weighted by Crippen LogP contribution is 2.35. The van der Waals surface area contributed by atoms with E-state index in [1.54, 1.807) is 0 Å². The molecule has 2 atom stereocenters. The smallest absolute Gasteiger partial charge is 0.289 e. The Labute approximate surface area is 127 Å². The third kappa shape index (κ3) is 2.48. The Kier molecular flexibility index (Phi) is 3.67. The molecule has 1 aliphatic carbocycles. The molecule has 0 aromatic carbocycles. The maximum absolute atomic E-state index is 11.0. The van der Waals surface area contributed by atoms with E-state index in [9.17, 15) is 10.1 Å². The van der Waals surface area contributed by atoms with Crippen molar-refractivity contribution in [3.63, 3.8) is 0 Å². The molecule has 2 heterocycles. The van der Waals surface area contributed by atoms with Gasteiger partial charge in [0.05, 0.1) is 28.9 Å². The highest BCUT2D eigenvalue weighted by Gasteiger charge is 2.24. The number of anilines is 1. The van der Waals surface area contributed by atoms with Gasteiger partial charge in [0.1, 0.15) is 6.20 Å². The highest BCUT2D eigenvalue weighted by molar-refractivity contribution is 5.86. The third-order valence-electron chi connectivity index (χ3n) is 4.38. The zero-order chi connectivity index (χ0) is 15.7. The van der Waals surface area contributed by atoms with Gasteiger partial charge < -0.3 is 5.32 Å². The molecular formula is C15H17N5O2. The van der Waals surface area contributed by atoms with Crippen molar-refractivity contribution in [2.75, 3.05) is 5.32 Å². The third-order valence-corrected chi connectivity index (χ3v) is 4.38. The molecule has 1 N–H and O–H groups in total. The van der Waals surface area contributed by atoms with E-state index >= 15 is 0 Å². The lowest BCUT2D eigenvalue weighted by Crippen LogP contribution is -2.30. The Morgan fingerprint density at radius 3 is 2.95 bits per heavy atom. The Bertz CT molecular complexity index is 761. The Morgan fingerprint density at radius 1 is 1.50 bits per heavy atom. The molecule has 0 bridgehead atoms. The molecule has 114 valence electrons. The van der Waals surface area contributed by atoms with E-state index in [1.807, 2.05) is 0 Å². The standard InChI is InChI=1S/C15H17N5O2/c1-10-5-3-4-6-12(10)18-15-13(16-2)8-17-19-9-11(20(21)22)7-14(15)19/h7-10,12,18H,3-6H2,1H3/t10-,12+/m0/s1. The van der Waals surface area contributed by atoms with Crippen molar-refractivity contribution in [1.29, 1.82) is 0 Å². The summed E-state index contributed by atoms with van der Waals surface area (Å²) in [6, 6.07) is 1.76. The van der Waals surface area contributed by atoms with Gasteiger partial charge in [-0.25, -0.2) is 9.36 Å². The molecule has 1 fully saturated rings. The molecule has 3 rings (SSSR count). The molecule has 1 saturated carbocycles. The zero-order valence-corrected chi connectivity index (χ0v) is 12.3. The van der Waals surface area contributed by atoms with Crippen LogP contribution in [0.15, 0.2) is 18.5 Å². The van der Waals surface area contributed by atoms with Gasteiger partial charge in [0.15, 0.2) is 0 Å². The van der Waals surface area contributed by atoms with Crippen molar-refractivity contribution in [2.24, 2.45) is 5.92 Å². The minimum atomic E-state index is -0.445. The van der Waals surface area contributed by atoms with Crippen LogP contribution >= 0.6 is 0 Å². The van der Waals surface area contributed by atoms with Crippen LogP contribution < -0.4 is 5.32 Å². The van der Waals surface area contributed by atoms with Gasteiger partial charge in [0.25, 0.3) is 5.69 Å². The first kappa shape index (κ1) is 14.3. The minimum Gasteiger partial charge on any atom is -0.389 e. The van der Waals surface area contributed by atoms with Gasteiger partial charge in [-0.15, -0.1) is 0 Å². The summed E-state index contributed by atoms with van der Waals surface area (Å²) < 4.78 is 1.46.